The van der Waals surface area contributed by atoms with Gasteiger partial charge in [0.05, 0.1) is 42.0 Å². The Morgan fingerprint density at radius 1 is 0.787 bits per heavy atom. The summed E-state index contributed by atoms with van der Waals surface area (Å²) in [4.78, 5) is 3.72. The first-order valence-corrected chi connectivity index (χ1v) is 16.2. The fourth-order valence-corrected chi connectivity index (χ4v) is 7.51. The summed E-state index contributed by atoms with van der Waals surface area (Å²) >= 11 is 0. The van der Waals surface area contributed by atoms with Crippen molar-refractivity contribution in [2.75, 3.05) is 55.6 Å². The molecule has 0 amide bonds. The number of benzene rings is 4. The van der Waals surface area contributed by atoms with Crippen molar-refractivity contribution in [2.45, 2.75) is 37.8 Å². The van der Waals surface area contributed by atoms with Gasteiger partial charge in [-0.1, -0.05) is 18.2 Å². The van der Waals surface area contributed by atoms with Gasteiger partial charge in [0.1, 0.15) is 11.8 Å². The fourth-order valence-electron chi connectivity index (χ4n) is 7.51. The molecule has 4 aliphatic rings. The van der Waals surface area contributed by atoms with E-state index < -0.39 is 0 Å². The minimum Gasteiger partial charge on any atom is -0.504 e. The second-order valence-corrected chi connectivity index (χ2v) is 12.7. The summed E-state index contributed by atoms with van der Waals surface area (Å²) < 4.78 is 36.8. The van der Waals surface area contributed by atoms with E-state index in [0.717, 1.165) is 53.9 Å². The van der Waals surface area contributed by atoms with Gasteiger partial charge in [0, 0.05) is 42.1 Å². The van der Waals surface area contributed by atoms with Crippen molar-refractivity contribution in [3.63, 3.8) is 0 Å². The third-order valence-electron chi connectivity index (χ3n) is 10.1. The highest BCUT2D eigenvalue weighted by atomic mass is 16.5. The number of hydrogen-bond donors (Lipinski definition) is 2. The minimum atomic E-state index is -0.117. The first-order chi connectivity index (χ1) is 22.8. The Kier molecular flexibility index (Phi) is 8.28. The van der Waals surface area contributed by atoms with E-state index in [2.05, 4.69) is 55.4 Å². The first kappa shape index (κ1) is 31.0. The van der Waals surface area contributed by atoms with E-state index in [-0.39, 0.29) is 23.6 Å². The van der Waals surface area contributed by atoms with Gasteiger partial charge in [0.15, 0.2) is 34.5 Å². The summed E-state index contributed by atoms with van der Waals surface area (Å²) in [6, 6.07) is 18.7. The molecule has 0 spiro atoms. The van der Waals surface area contributed by atoms with Crippen molar-refractivity contribution in [3.8, 4) is 51.7 Å². The highest BCUT2D eigenvalue weighted by Gasteiger charge is 2.37. The Hall–Kier alpha value is -4.60. The van der Waals surface area contributed by atoms with Gasteiger partial charge in [-0.05, 0) is 73.0 Å². The van der Waals surface area contributed by atoms with Gasteiger partial charge in [-0.2, -0.15) is 0 Å². The molecular formula is C38H43N2O7+. The Bertz CT molecular complexity index is 1810. The SMILES string of the molecule is COc1ccc2cc1Oc1ccc(cc1)CC1c3c(c(O)c(OC)c(OC)c3Oc3cc4c(cc3OC)CC[NH+](C)C4C2)CCN1C. The smallest absolute Gasteiger partial charge is 0.208 e. The van der Waals surface area contributed by atoms with Gasteiger partial charge >= 0.3 is 0 Å². The highest BCUT2D eigenvalue weighted by molar-refractivity contribution is 5.69. The molecule has 3 atom stereocenters. The summed E-state index contributed by atoms with van der Waals surface area (Å²) in [7, 11) is 10.8. The van der Waals surface area contributed by atoms with Crippen molar-refractivity contribution in [3.05, 3.63) is 88.0 Å². The zero-order chi connectivity index (χ0) is 32.8. The van der Waals surface area contributed by atoms with Crippen molar-refractivity contribution in [2.24, 2.45) is 0 Å². The third-order valence-corrected chi connectivity index (χ3v) is 10.1. The van der Waals surface area contributed by atoms with Crippen LogP contribution in [-0.2, 0) is 25.7 Å². The van der Waals surface area contributed by atoms with Crippen molar-refractivity contribution in [1.29, 1.82) is 0 Å². The number of ether oxygens (including phenoxy) is 6. The fraction of sp³-hybridized carbons (Fsp3) is 0.368. The van der Waals surface area contributed by atoms with Crippen molar-refractivity contribution in [1.82, 2.24) is 4.90 Å². The largest absolute Gasteiger partial charge is 0.504 e. The van der Waals surface area contributed by atoms with E-state index in [4.69, 9.17) is 28.4 Å². The number of hydrogen-bond acceptors (Lipinski definition) is 8. The molecule has 0 radical (unpaired) electrons. The van der Waals surface area contributed by atoms with Crippen LogP contribution in [0, 0.1) is 0 Å². The van der Waals surface area contributed by atoms with E-state index in [1.165, 1.54) is 16.0 Å². The molecule has 47 heavy (non-hydrogen) atoms. The number of phenols is 1. The number of phenolic OH excluding ortho intramolecular Hbond substituents is 1. The Morgan fingerprint density at radius 2 is 1.51 bits per heavy atom. The van der Waals surface area contributed by atoms with Gasteiger partial charge < -0.3 is 38.4 Å². The van der Waals surface area contributed by atoms with Crippen LogP contribution in [0.2, 0.25) is 0 Å². The van der Waals surface area contributed by atoms with Crippen LogP contribution < -0.4 is 33.3 Å². The zero-order valence-electron chi connectivity index (χ0n) is 27.9. The number of nitrogens with one attached hydrogen (secondary N) is 1. The molecule has 6 bridgehead atoms. The number of nitrogens with zero attached hydrogens (tertiary/aromatic N) is 1. The van der Waals surface area contributed by atoms with Crippen LogP contribution in [0.4, 0.5) is 0 Å². The third kappa shape index (κ3) is 5.47. The van der Waals surface area contributed by atoms with E-state index in [1.807, 2.05) is 18.2 Å². The molecule has 0 fully saturated rings. The highest BCUT2D eigenvalue weighted by Crippen LogP contribution is 2.55. The van der Waals surface area contributed by atoms with Crippen LogP contribution in [0.3, 0.4) is 0 Å². The lowest BCUT2D eigenvalue weighted by atomic mass is 9.86. The Labute approximate surface area is 276 Å². The maximum atomic E-state index is 11.5. The topological polar surface area (TPSA) is 83.3 Å². The second-order valence-electron chi connectivity index (χ2n) is 12.7. The van der Waals surface area contributed by atoms with Crippen LogP contribution in [0.15, 0.2) is 54.6 Å². The van der Waals surface area contributed by atoms with Gasteiger partial charge in [-0.15, -0.1) is 0 Å². The van der Waals surface area contributed by atoms with Crippen LogP contribution in [0.5, 0.6) is 51.7 Å². The number of aromatic hydroxyl groups is 1. The summed E-state index contributed by atoms with van der Waals surface area (Å²) in [5.41, 5.74) is 6.42. The summed E-state index contributed by atoms with van der Waals surface area (Å²) in [5, 5.41) is 11.5. The number of fused-ring (bicyclic) bond motifs is 2. The molecule has 4 aliphatic heterocycles. The van der Waals surface area contributed by atoms with E-state index in [0.29, 0.717) is 47.3 Å². The van der Waals surface area contributed by atoms with Crippen molar-refractivity contribution < 1.29 is 38.4 Å². The second kappa shape index (κ2) is 12.5. The molecule has 0 saturated carbocycles. The predicted octanol–water partition coefficient (Wildman–Crippen LogP) is 5.45. The van der Waals surface area contributed by atoms with Crippen LogP contribution in [-0.4, -0.2) is 65.6 Å². The molecule has 3 unspecified atom stereocenters. The molecule has 8 rings (SSSR count). The molecule has 2 N–H and O–H groups in total. The number of likely N-dealkylation sites (N-methyl/N-ethyl adjacent to an activating group) is 2. The predicted molar refractivity (Wildman–Crippen MR) is 178 cm³/mol. The van der Waals surface area contributed by atoms with Crippen molar-refractivity contribution >= 4 is 0 Å². The molecule has 9 heteroatoms. The minimum absolute atomic E-state index is 0.0912. The average molecular weight is 640 g/mol. The number of quaternary nitrogens is 1. The molecule has 0 saturated heterocycles. The summed E-state index contributed by atoms with van der Waals surface area (Å²) in [6.07, 6.45) is 3.03. The van der Waals surface area contributed by atoms with Crippen LogP contribution in [0.1, 0.15) is 45.5 Å². The molecule has 246 valence electrons. The monoisotopic (exact) mass is 639 g/mol. The maximum absolute atomic E-state index is 11.5. The normalized spacial score (nSPS) is 20.2. The molecule has 0 aromatic heterocycles. The van der Waals surface area contributed by atoms with Crippen LogP contribution >= 0.6 is 0 Å². The van der Waals surface area contributed by atoms with Crippen LogP contribution in [0.25, 0.3) is 0 Å². The summed E-state index contributed by atoms with van der Waals surface area (Å²) in [5.74, 6) is 4.59. The molecule has 4 aromatic rings. The van der Waals surface area contributed by atoms with E-state index >= 15 is 0 Å². The quantitative estimate of drug-likeness (QED) is 0.305. The van der Waals surface area contributed by atoms with Gasteiger partial charge in [-0.25, -0.2) is 0 Å². The zero-order valence-corrected chi connectivity index (χ0v) is 27.9. The van der Waals surface area contributed by atoms with E-state index in [9.17, 15) is 5.11 Å². The lowest BCUT2D eigenvalue weighted by molar-refractivity contribution is -0.914. The first-order valence-electron chi connectivity index (χ1n) is 16.2. The summed E-state index contributed by atoms with van der Waals surface area (Å²) in [6.45, 7) is 1.76. The maximum Gasteiger partial charge on any atom is 0.208 e. The molecule has 4 heterocycles. The van der Waals surface area contributed by atoms with E-state index in [1.54, 1.807) is 28.4 Å². The van der Waals surface area contributed by atoms with Gasteiger partial charge in [0.2, 0.25) is 11.5 Å². The Balaban J connectivity index is 1.48. The number of methoxy groups -OCH3 is 4. The molecule has 4 aromatic carbocycles. The average Bonchev–Trinajstić information content (AvgIpc) is 3.08. The molecule has 9 nitrogen and oxygen atoms in total. The lowest BCUT2D eigenvalue weighted by Gasteiger charge is -2.37. The molecule has 0 aliphatic carbocycles. The van der Waals surface area contributed by atoms with Gasteiger partial charge in [0.25, 0.3) is 0 Å². The Morgan fingerprint density at radius 3 is 2.23 bits per heavy atom. The lowest BCUT2D eigenvalue weighted by Crippen LogP contribution is -3.10. The van der Waals surface area contributed by atoms with Gasteiger partial charge in [-0.3, -0.25) is 4.90 Å². The molecular weight excluding hydrogens is 596 g/mol. The standard InChI is InChI=1S/C38H42N2O7/c1-39-15-13-24-20-31(43-4)33-21-27(24)28(39)18-23-9-12-30(42-3)32(19-23)46-25-10-7-22(8-11-25)17-29-34-26(14-16-40(29)2)35(41)37(44-5)38(45-6)36(34)47-33/h7-12,19-21,28-29,41H,13-18H2,1-6H3/p+1. The number of rotatable bonds is 4.